The van der Waals surface area contributed by atoms with E-state index >= 15 is 0 Å². The molecule has 0 fully saturated rings. The Morgan fingerprint density at radius 2 is 1.79 bits per heavy atom. The number of anilines is 1. The summed E-state index contributed by atoms with van der Waals surface area (Å²) in [6.45, 7) is 2.79. The topological polar surface area (TPSA) is 58.6 Å². The number of ether oxygens (including phenoxy) is 1. The number of hydrogen-bond acceptors (Lipinski definition) is 3. The van der Waals surface area contributed by atoms with Gasteiger partial charge < -0.3 is 15.0 Å². The molecule has 0 spiro atoms. The van der Waals surface area contributed by atoms with Crippen molar-refractivity contribution in [3.8, 4) is 5.75 Å². The number of hydrogen-bond donors (Lipinski definition) is 1. The highest BCUT2D eigenvalue weighted by Crippen LogP contribution is 2.34. The molecule has 0 radical (unpaired) electrons. The Kier molecular flexibility index (Phi) is 5.47. The van der Waals surface area contributed by atoms with Gasteiger partial charge in [-0.2, -0.15) is 0 Å². The van der Waals surface area contributed by atoms with E-state index in [9.17, 15) is 9.59 Å². The Morgan fingerprint density at radius 1 is 1.03 bits per heavy atom. The Balaban J connectivity index is 1.61. The molecule has 0 bridgehead atoms. The molecule has 0 saturated heterocycles. The average molecular weight is 388 g/mol. The molecule has 1 N–H and O–H groups in total. The Bertz CT molecular complexity index is 1040. The third-order valence-corrected chi connectivity index (χ3v) is 5.14. The molecule has 1 atom stereocenters. The number of para-hydroxylation sites is 2. The van der Waals surface area contributed by atoms with Crippen molar-refractivity contribution in [1.29, 1.82) is 0 Å². The minimum Gasteiger partial charge on any atom is -0.477 e. The number of nitrogens with zero attached hydrogens (tertiary/aromatic N) is 1. The Morgan fingerprint density at radius 3 is 2.66 bits per heavy atom. The summed E-state index contributed by atoms with van der Waals surface area (Å²) < 4.78 is 5.89. The van der Waals surface area contributed by atoms with Gasteiger partial charge in [0.25, 0.3) is 5.91 Å². The van der Waals surface area contributed by atoms with Crippen LogP contribution in [0.25, 0.3) is 10.8 Å². The quantitative estimate of drug-likeness (QED) is 0.725. The fourth-order valence-electron chi connectivity index (χ4n) is 3.67. The van der Waals surface area contributed by atoms with Crippen LogP contribution >= 0.6 is 0 Å². The van der Waals surface area contributed by atoms with Crippen molar-refractivity contribution in [3.05, 3.63) is 72.3 Å². The normalized spacial score (nSPS) is 15.5. The van der Waals surface area contributed by atoms with Gasteiger partial charge in [0.1, 0.15) is 5.75 Å². The molecule has 5 heteroatoms. The minimum absolute atomic E-state index is 0.0506. The average Bonchev–Trinajstić information content (AvgIpc) is 2.76. The van der Waals surface area contributed by atoms with Gasteiger partial charge >= 0.3 is 0 Å². The first-order valence-corrected chi connectivity index (χ1v) is 9.97. The van der Waals surface area contributed by atoms with Gasteiger partial charge in [-0.1, -0.05) is 61.5 Å². The summed E-state index contributed by atoms with van der Waals surface area (Å²) >= 11 is 0. The summed E-state index contributed by atoms with van der Waals surface area (Å²) in [5.41, 5.74) is 1.68. The number of carbonyl (C=O) groups is 2. The second-order valence-corrected chi connectivity index (χ2v) is 7.18. The van der Waals surface area contributed by atoms with Crippen LogP contribution in [0.5, 0.6) is 5.75 Å². The molecule has 148 valence electrons. The number of fused-ring (bicyclic) bond motifs is 2. The molecule has 2 amide bonds. The molecule has 3 aromatic carbocycles. The van der Waals surface area contributed by atoms with E-state index in [4.69, 9.17) is 4.74 Å². The summed E-state index contributed by atoms with van der Waals surface area (Å²) in [6.07, 6.45) is 0.394. The number of amides is 2. The summed E-state index contributed by atoms with van der Waals surface area (Å²) in [6, 6.07) is 21.4. The van der Waals surface area contributed by atoms with Crippen LogP contribution in [0.1, 0.15) is 18.9 Å². The lowest BCUT2D eigenvalue weighted by molar-refractivity contribution is -0.128. The van der Waals surface area contributed by atoms with Crippen molar-refractivity contribution < 1.29 is 14.3 Å². The van der Waals surface area contributed by atoms with Crippen LogP contribution in [-0.2, 0) is 16.0 Å². The lowest BCUT2D eigenvalue weighted by Gasteiger charge is -2.34. The summed E-state index contributed by atoms with van der Waals surface area (Å²) in [7, 11) is 0. The smallest absolute Gasteiger partial charge is 0.262 e. The van der Waals surface area contributed by atoms with Crippen molar-refractivity contribution in [3.63, 3.8) is 0 Å². The van der Waals surface area contributed by atoms with E-state index in [1.807, 2.05) is 67.6 Å². The van der Waals surface area contributed by atoms with Crippen LogP contribution in [0, 0.1) is 0 Å². The summed E-state index contributed by atoms with van der Waals surface area (Å²) in [5, 5.41) is 5.04. The summed E-state index contributed by atoms with van der Waals surface area (Å²) in [5.74, 6) is 0.316. The molecule has 0 saturated carbocycles. The maximum atomic E-state index is 13.3. The molecule has 0 unspecified atom stereocenters. The second kappa shape index (κ2) is 8.35. The van der Waals surface area contributed by atoms with Crippen molar-refractivity contribution in [1.82, 2.24) is 5.32 Å². The molecule has 3 aromatic rings. The van der Waals surface area contributed by atoms with Crippen LogP contribution in [0.15, 0.2) is 66.7 Å². The minimum atomic E-state index is -0.715. The predicted molar refractivity (Wildman–Crippen MR) is 114 cm³/mol. The van der Waals surface area contributed by atoms with Gasteiger partial charge in [-0.05, 0) is 34.9 Å². The van der Waals surface area contributed by atoms with Crippen molar-refractivity contribution in [2.45, 2.75) is 25.9 Å². The Hall–Kier alpha value is -3.34. The fourth-order valence-corrected chi connectivity index (χ4v) is 3.67. The van der Waals surface area contributed by atoms with E-state index in [2.05, 4.69) is 5.32 Å². The second-order valence-electron chi connectivity index (χ2n) is 7.18. The Labute approximate surface area is 170 Å². The fraction of sp³-hybridized carbons (Fsp3) is 0.250. The van der Waals surface area contributed by atoms with Crippen molar-refractivity contribution in [2.75, 3.05) is 18.0 Å². The first-order valence-electron chi connectivity index (χ1n) is 9.97. The van der Waals surface area contributed by atoms with E-state index in [0.29, 0.717) is 18.0 Å². The highest BCUT2D eigenvalue weighted by molar-refractivity contribution is 6.00. The molecule has 5 nitrogen and oxygen atoms in total. The molecule has 0 aromatic heterocycles. The first-order chi connectivity index (χ1) is 14.2. The zero-order valence-corrected chi connectivity index (χ0v) is 16.4. The zero-order valence-electron chi connectivity index (χ0n) is 16.4. The molecule has 1 heterocycles. The van der Waals surface area contributed by atoms with E-state index in [0.717, 1.165) is 22.8 Å². The standard InChI is InChI=1S/C24H24N2O3/c1-2-14-25-24(28)22-16-26(20-12-5-6-13-21(20)29-22)23(27)15-18-10-7-9-17-8-3-4-11-19(17)18/h3-13,22H,2,14-16H2,1H3,(H,25,28)/t22-/m1/s1. The first kappa shape index (κ1) is 19.0. The predicted octanol–water partition coefficient (Wildman–Crippen LogP) is 3.70. The van der Waals surface area contributed by atoms with E-state index < -0.39 is 6.10 Å². The number of rotatable bonds is 5. The van der Waals surface area contributed by atoms with Crippen LogP contribution in [0.4, 0.5) is 5.69 Å². The molecular formula is C24H24N2O3. The van der Waals surface area contributed by atoms with Gasteiger partial charge in [0.15, 0.2) is 6.10 Å². The number of benzene rings is 3. The summed E-state index contributed by atoms with van der Waals surface area (Å²) in [4.78, 5) is 27.5. The highest BCUT2D eigenvalue weighted by atomic mass is 16.5. The van der Waals surface area contributed by atoms with E-state index in [1.54, 1.807) is 11.0 Å². The molecule has 4 rings (SSSR count). The van der Waals surface area contributed by atoms with Crippen molar-refractivity contribution >= 4 is 28.3 Å². The highest BCUT2D eigenvalue weighted by Gasteiger charge is 2.33. The number of nitrogens with one attached hydrogen (secondary N) is 1. The molecule has 29 heavy (non-hydrogen) atoms. The van der Waals surface area contributed by atoms with E-state index in [-0.39, 0.29) is 24.8 Å². The van der Waals surface area contributed by atoms with Gasteiger partial charge in [0.05, 0.1) is 18.7 Å². The largest absolute Gasteiger partial charge is 0.477 e. The maximum absolute atomic E-state index is 13.3. The van der Waals surface area contributed by atoms with Gasteiger partial charge in [0, 0.05) is 6.54 Å². The SMILES string of the molecule is CCCNC(=O)[C@H]1CN(C(=O)Cc2cccc3ccccc23)c2ccccc2O1. The molecule has 0 aliphatic carbocycles. The monoisotopic (exact) mass is 388 g/mol. The molecule has 1 aliphatic heterocycles. The van der Waals surface area contributed by atoms with Crippen LogP contribution in [0.3, 0.4) is 0 Å². The van der Waals surface area contributed by atoms with Crippen molar-refractivity contribution in [2.24, 2.45) is 0 Å². The van der Waals surface area contributed by atoms with E-state index in [1.165, 1.54) is 0 Å². The van der Waals surface area contributed by atoms with Crippen LogP contribution in [-0.4, -0.2) is 31.0 Å². The lowest BCUT2D eigenvalue weighted by Crippen LogP contribution is -2.51. The third-order valence-electron chi connectivity index (χ3n) is 5.14. The van der Waals surface area contributed by atoms with Gasteiger partial charge in [-0.3, -0.25) is 9.59 Å². The lowest BCUT2D eigenvalue weighted by atomic mass is 10.0. The maximum Gasteiger partial charge on any atom is 0.262 e. The zero-order chi connectivity index (χ0) is 20.2. The third kappa shape index (κ3) is 3.94. The van der Waals surface area contributed by atoms with Crippen LogP contribution in [0.2, 0.25) is 0 Å². The van der Waals surface area contributed by atoms with Gasteiger partial charge in [-0.15, -0.1) is 0 Å². The number of carbonyl (C=O) groups excluding carboxylic acids is 2. The molecule has 1 aliphatic rings. The van der Waals surface area contributed by atoms with Gasteiger partial charge in [0.2, 0.25) is 5.91 Å². The molecular weight excluding hydrogens is 364 g/mol. The van der Waals surface area contributed by atoms with Gasteiger partial charge in [-0.25, -0.2) is 0 Å². The van der Waals surface area contributed by atoms with Crippen LogP contribution < -0.4 is 15.0 Å².